The van der Waals surface area contributed by atoms with Crippen LogP contribution in [-0.2, 0) is 13.1 Å². The fourth-order valence-electron chi connectivity index (χ4n) is 3.29. The van der Waals surface area contributed by atoms with Gasteiger partial charge in [-0.2, -0.15) is 0 Å². The van der Waals surface area contributed by atoms with E-state index in [1.807, 2.05) is 0 Å². The summed E-state index contributed by atoms with van der Waals surface area (Å²) in [5.74, 6) is 1.24. The number of imidazole rings is 1. The summed E-state index contributed by atoms with van der Waals surface area (Å²) in [4.78, 5) is 7.48. The van der Waals surface area contributed by atoms with E-state index in [4.69, 9.17) is 4.98 Å². The van der Waals surface area contributed by atoms with E-state index in [0.29, 0.717) is 6.04 Å². The van der Waals surface area contributed by atoms with Gasteiger partial charge < -0.3 is 4.57 Å². The van der Waals surface area contributed by atoms with Gasteiger partial charge in [0.05, 0.1) is 17.6 Å². The third-order valence-corrected chi connectivity index (χ3v) is 4.47. The van der Waals surface area contributed by atoms with Gasteiger partial charge in [-0.3, -0.25) is 4.90 Å². The maximum Gasteiger partial charge on any atom is 0.124 e. The molecular formula is C17H25N3. The van der Waals surface area contributed by atoms with Gasteiger partial charge in [0.15, 0.2) is 0 Å². The van der Waals surface area contributed by atoms with Crippen molar-refractivity contribution in [1.29, 1.82) is 0 Å². The zero-order chi connectivity index (χ0) is 13.9. The van der Waals surface area contributed by atoms with Crippen molar-refractivity contribution in [3.8, 4) is 0 Å². The van der Waals surface area contributed by atoms with Crippen LogP contribution in [0.25, 0.3) is 11.0 Å². The molecule has 1 aromatic carbocycles. The SMILES string of the molecule is CCCn1c(CN2CCCC[C@@H]2C)nc2ccccc21. The Labute approximate surface area is 121 Å². The molecule has 0 radical (unpaired) electrons. The van der Waals surface area contributed by atoms with Gasteiger partial charge in [-0.1, -0.05) is 25.5 Å². The molecular weight excluding hydrogens is 246 g/mol. The zero-order valence-electron chi connectivity index (χ0n) is 12.7. The average molecular weight is 271 g/mol. The highest BCUT2D eigenvalue weighted by molar-refractivity contribution is 5.75. The maximum absolute atomic E-state index is 4.88. The minimum absolute atomic E-state index is 0.693. The standard InChI is InChI=1S/C17H25N3/c1-3-11-20-16-10-5-4-9-15(16)18-17(20)13-19-12-7-6-8-14(19)2/h4-5,9-10,14H,3,6-8,11-13H2,1-2H3/t14-/m0/s1. The topological polar surface area (TPSA) is 21.1 Å². The summed E-state index contributed by atoms with van der Waals surface area (Å²) in [5.41, 5.74) is 2.43. The van der Waals surface area contributed by atoms with Gasteiger partial charge >= 0.3 is 0 Å². The van der Waals surface area contributed by atoms with Crippen LogP contribution >= 0.6 is 0 Å². The molecule has 3 rings (SSSR count). The molecule has 0 saturated carbocycles. The van der Waals surface area contributed by atoms with Crippen LogP contribution in [0.4, 0.5) is 0 Å². The van der Waals surface area contributed by atoms with Crippen LogP contribution in [0, 0.1) is 0 Å². The molecule has 108 valence electrons. The first-order valence-corrected chi connectivity index (χ1v) is 7.97. The van der Waals surface area contributed by atoms with Crippen molar-refractivity contribution < 1.29 is 0 Å². The number of fused-ring (bicyclic) bond motifs is 1. The molecule has 0 amide bonds. The van der Waals surface area contributed by atoms with Gasteiger partial charge in [0.1, 0.15) is 5.82 Å². The number of nitrogens with zero attached hydrogens (tertiary/aromatic N) is 3. The number of benzene rings is 1. The summed E-state index contributed by atoms with van der Waals surface area (Å²) in [6.45, 7) is 7.87. The monoisotopic (exact) mass is 271 g/mol. The fourth-order valence-corrected chi connectivity index (χ4v) is 3.29. The molecule has 1 fully saturated rings. The summed E-state index contributed by atoms with van der Waals surface area (Å²) in [5, 5.41) is 0. The van der Waals surface area contributed by atoms with Crippen LogP contribution in [0.1, 0.15) is 45.4 Å². The number of rotatable bonds is 4. The molecule has 0 unspecified atom stereocenters. The molecule has 2 aromatic rings. The van der Waals surface area contributed by atoms with Crippen molar-refractivity contribution in [2.45, 2.75) is 58.7 Å². The Morgan fingerprint density at radius 3 is 2.90 bits per heavy atom. The first-order valence-electron chi connectivity index (χ1n) is 7.97. The highest BCUT2D eigenvalue weighted by Gasteiger charge is 2.21. The lowest BCUT2D eigenvalue weighted by Crippen LogP contribution is -2.37. The third kappa shape index (κ3) is 2.59. The van der Waals surface area contributed by atoms with Crippen molar-refractivity contribution in [3.05, 3.63) is 30.1 Å². The summed E-state index contributed by atoms with van der Waals surface area (Å²) in [6, 6.07) is 9.22. The van der Waals surface area contributed by atoms with Crippen molar-refractivity contribution in [1.82, 2.24) is 14.5 Å². The highest BCUT2D eigenvalue weighted by Crippen LogP contribution is 2.22. The lowest BCUT2D eigenvalue weighted by atomic mass is 10.0. The first-order chi connectivity index (χ1) is 9.79. The summed E-state index contributed by atoms with van der Waals surface area (Å²) in [6.07, 6.45) is 5.19. The molecule has 0 bridgehead atoms. The van der Waals surface area contributed by atoms with Crippen molar-refractivity contribution >= 4 is 11.0 Å². The molecule has 1 saturated heterocycles. The van der Waals surface area contributed by atoms with E-state index >= 15 is 0 Å². The van der Waals surface area contributed by atoms with Gasteiger partial charge in [-0.05, 0) is 44.9 Å². The van der Waals surface area contributed by atoms with Gasteiger partial charge in [0, 0.05) is 12.6 Å². The van der Waals surface area contributed by atoms with Gasteiger partial charge in [-0.25, -0.2) is 4.98 Å². The number of aryl methyl sites for hydroxylation is 1. The van der Waals surface area contributed by atoms with E-state index in [2.05, 4.69) is 47.6 Å². The number of piperidine rings is 1. The first kappa shape index (κ1) is 13.6. The fraction of sp³-hybridized carbons (Fsp3) is 0.588. The Hall–Kier alpha value is -1.35. The van der Waals surface area contributed by atoms with Crippen LogP contribution in [0.15, 0.2) is 24.3 Å². The van der Waals surface area contributed by atoms with Gasteiger partial charge in [0.2, 0.25) is 0 Å². The maximum atomic E-state index is 4.88. The van der Waals surface area contributed by atoms with Crippen LogP contribution in [-0.4, -0.2) is 27.0 Å². The third-order valence-electron chi connectivity index (χ3n) is 4.47. The predicted molar refractivity (Wildman–Crippen MR) is 83.7 cm³/mol. The average Bonchev–Trinajstić information content (AvgIpc) is 2.80. The Bertz CT molecular complexity index is 573. The quantitative estimate of drug-likeness (QED) is 0.843. The number of hydrogen-bond donors (Lipinski definition) is 0. The second-order valence-electron chi connectivity index (χ2n) is 5.98. The molecule has 0 aliphatic carbocycles. The second kappa shape index (κ2) is 5.96. The van der Waals surface area contributed by atoms with Crippen LogP contribution in [0.2, 0.25) is 0 Å². The van der Waals surface area contributed by atoms with Crippen LogP contribution in [0.3, 0.4) is 0 Å². The molecule has 20 heavy (non-hydrogen) atoms. The lowest BCUT2D eigenvalue weighted by Gasteiger charge is -2.33. The summed E-state index contributed by atoms with van der Waals surface area (Å²) in [7, 11) is 0. The van der Waals surface area contributed by atoms with Crippen molar-refractivity contribution in [3.63, 3.8) is 0 Å². The molecule has 1 atom stereocenters. The van der Waals surface area contributed by atoms with Crippen LogP contribution < -0.4 is 0 Å². The number of para-hydroxylation sites is 2. The Kier molecular flexibility index (Phi) is 4.06. The smallest absolute Gasteiger partial charge is 0.124 e. The van der Waals surface area contributed by atoms with Gasteiger partial charge in [0.25, 0.3) is 0 Å². The van der Waals surface area contributed by atoms with E-state index in [1.54, 1.807) is 0 Å². The van der Waals surface area contributed by atoms with E-state index in [9.17, 15) is 0 Å². The molecule has 1 aromatic heterocycles. The molecule has 0 spiro atoms. The number of hydrogen-bond acceptors (Lipinski definition) is 2. The number of likely N-dealkylation sites (tertiary alicyclic amines) is 1. The zero-order valence-corrected chi connectivity index (χ0v) is 12.7. The predicted octanol–water partition coefficient (Wildman–Crippen LogP) is 3.82. The molecule has 2 heterocycles. The Morgan fingerprint density at radius 1 is 1.25 bits per heavy atom. The van der Waals surface area contributed by atoms with Crippen molar-refractivity contribution in [2.24, 2.45) is 0 Å². The minimum Gasteiger partial charge on any atom is -0.327 e. The lowest BCUT2D eigenvalue weighted by molar-refractivity contribution is 0.147. The Balaban J connectivity index is 1.91. The van der Waals surface area contributed by atoms with E-state index in [1.165, 1.54) is 37.1 Å². The number of aromatic nitrogens is 2. The van der Waals surface area contributed by atoms with Gasteiger partial charge in [-0.15, -0.1) is 0 Å². The Morgan fingerprint density at radius 2 is 2.10 bits per heavy atom. The molecule has 3 heteroatoms. The summed E-state index contributed by atoms with van der Waals surface area (Å²) < 4.78 is 2.41. The molecule has 1 aliphatic heterocycles. The molecule has 3 nitrogen and oxygen atoms in total. The van der Waals surface area contributed by atoms with Crippen LogP contribution in [0.5, 0.6) is 0 Å². The van der Waals surface area contributed by atoms with E-state index in [0.717, 1.165) is 25.0 Å². The van der Waals surface area contributed by atoms with E-state index < -0.39 is 0 Å². The second-order valence-corrected chi connectivity index (χ2v) is 5.98. The molecule has 1 aliphatic rings. The summed E-state index contributed by atoms with van der Waals surface area (Å²) >= 11 is 0. The molecule has 0 N–H and O–H groups in total. The minimum atomic E-state index is 0.693. The largest absolute Gasteiger partial charge is 0.327 e. The van der Waals surface area contributed by atoms with E-state index in [-0.39, 0.29) is 0 Å². The van der Waals surface area contributed by atoms with Crippen molar-refractivity contribution in [2.75, 3.05) is 6.54 Å². The highest BCUT2D eigenvalue weighted by atomic mass is 15.2. The normalized spacial score (nSPS) is 20.6.